The summed E-state index contributed by atoms with van der Waals surface area (Å²) in [5.74, 6) is 0. The van der Waals surface area contributed by atoms with Crippen molar-refractivity contribution in [1.82, 2.24) is 0 Å². The van der Waals surface area contributed by atoms with Gasteiger partial charge in [-0.15, -0.1) is 0 Å². The van der Waals surface area contributed by atoms with E-state index < -0.39 is 0 Å². The van der Waals surface area contributed by atoms with Crippen LogP contribution in [0.25, 0.3) is 0 Å². The van der Waals surface area contributed by atoms with E-state index in [0.29, 0.717) is 0 Å². The summed E-state index contributed by atoms with van der Waals surface area (Å²) < 4.78 is 1.21. The van der Waals surface area contributed by atoms with Gasteiger partial charge in [-0.3, -0.25) is 0 Å². The number of aryl methyl sites for hydroxylation is 6. The van der Waals surface area contributed by atoms with Crippen LogP contribution in [0.15, 0.2) is 24.3 Å². The molecule has 0 bridgehead atoms. The van der Waals surface area contributed by atoms with Crippen LogP contribution < -0.4 is 9.80 Å². The number of benzene rings is 2. The molecule has 0 spiro atoms. The molecule has 0 aliphatic carbocycles. The summed E-state index contributed by atoms with van der Waals surface area (Å²) in [4.78, 5) is 4.87. The molecule has 0 aromatic heterocycles. The molecular weight excluding hydrogens is 332 g/mol. The molecule has 1 heterocycles. The van der Waals surface area contributed by atoms with Crippen LogP contribution in [-0.4, -0.2) is 17.7 Å². The van der Waals surface area contributed by atoms with Crippen LogP contribution >= 0.6 is 0 Å². The van der Waals surface area contributed by atoms with Crippen LogP contribution in [-0.2, 0) is 15.9 Å². The van der Waals surface area contributed by atoms with Gasteiger partial charge in [-0.1, -0.05) is 0 Å². The molecular formula is C21H26CrN2. The summed E-state index contributed by atoms with van der Waals surface area (Å²) >= 11 is 3.34. The first kappa shape index (κ1) is 17.3. The van der Waals surface area contributed by atoms with E-state index in [1.807, 2.05) is 0 Å². The standard InChI is InChI=1S/C21H26N2.Cr/c1-14-9-16(3)20(17(4)10-14)22-7-8-23(13-22)21-18(5)11-15(2)12-19(21)6;/h9-12H,7-8H2,1-6H3;. The molecule has 2 aromatic carbocycles. The van der Waals surface area contributed by atoms with Gasteiger partial charge in [0.25, 0.3) is 0 Å². The molecule has 2 nitrogen and oxygen atoms in total. The zero-order valence-corrected chi connectivity index (χ0v) is 16.8. The molecule has 1 fully saturated rings. The van der Waals surface area contributed by atoms with Crippen LogP contribution in [0.1, 0.15) is 33.4 Å². The van der Waals surface area contributed by atoms with Crippen molar-refractivity contribution in [3.05, 3.63) is 57.6 Å². The van der Waals surface area contributed by atoms with Crippen molar-refractivity contribution >= 4 is 16.0 Å². The number of nitrogens with zero attached hydrogens (tertiary/aromatic N) is 2. The van der Waals surface area contributed by atoms with Gasteiger partial charge in [0, 0.05) is 0 Å². The number of hydrogen-bond donors (Lipinski definition) is 0. The fourth-order valence-corrected chi connectivity index (χ4v) is 4.72. The van der Waals surface area contributed by atoms with E-state index in [-0.39, 0.29) is 0 Å². The third-order valence-corrected chi connectivity index (χ3v) is 5.51. The fourth-order valence-electron chi connectivity index (χ4n) is 4.15. The van der Waals surface area contributed by atoms with Crippen LogP contribution in [0.5, 0.6) is 0 Å². The summed E-state index contributed by atoms with van der Waals surface area (Å²) in [6, 6.07) is 9.11. The van der Waals surface area contributed by atoms with E-state index in [9.17, 15) is 0 Å². The second-order valence-corrected chi connectivity index (χ2v) is 7.65. The average molecular weight is 358 g/mol. The first-order valence-corrected chi connectivity index (χ1v) is 9.18. The Bertz CT molecular complexity index is 709. The van der Waals surface area contributed by atoms with Crippen molar-refractivity contribution in [2.24, 2.45) is 0 Å². The van der Waals surface area contributed by atoms with Crippen LogP contribution in [0.2, 0.25) is 0 Å². The Morgan fingerprint density at radius 3 is 1.21 bits per heavy atom. The molecule has 126 valence electrons. The van der Waals surface area contributed by atoms with Crippen LogP contribution in [0, 0.1) is 41.5 Å². The molecule has 0 atom stereocenters. The van der Waals surface area contributed by atoms with Crippen molar-refractivity contribution in [1.29, 1.82) is 0 Å². The normalized spacial score (nSPS) is 14.7. The summed E-state index contributed by atoms with van der Waals surface area (Å²) in [5, 5.41) is 0. The minimum absolute atomic E-state index is 1.01. The molecule has 1 aliphatic heterocycles. The summed E-state index contributed by atoms with van der Waals surface area (Å²) in [6.07, 6.45) is 0. The Balaban J connectivity index is 2.00. The van der Waals surface area contributed by atoms with E-state index in [0.717, 1.165) is 13.1 Å². The third kappa shape index (κ3) is 2.92. The molecule has 0 radical (unpaired) electrons. The van der Waals surface area contributed by atoms with Gasteiger partial charge >= 0.3 is 154 Å². The summed E-state index contributed by atoms with van der Waals surface area (Å²) in [7, 11) is 0. The van der Waals surface area contributed by atoms with E-state index >= 15 is 0 Å². The predicted octanol–water partition coefficient (Wildman–Crippen LogP) is 4.50. The third-order valence-electron chi connectivity index (χ3n) is 4.82. The van der Waals surface area contributed by atoms with Crippen LogP contribution in [0.4, 0.5) is 11.4 Å². The Hall–Kier alpha value is -1.56. The quantitative estimate of drug-likeness (QED) is 0.780. The van der Waals surface area contributed by atoms with Gasteiger partial charge < -0.3 is 0 Å². The van der Waals surface area contributed by atoms with Gasteiger partial charge in [0.1, 0.15) is 0 Å². The van der Waals surface area contributed by atoms with Gasteiger partial charge in [0.2, 0.25) is 0 Å². The summed E-state index contributed by atoms with van der Waals surface area (Å²) in [6.45, 7) is 15.2. The maximum atomic E-state index is 3.34. The van der Waals surface area contributed by atoms with Crippen molar-refractivity contribution in [2.45, 2.75) is 41.5 Å². The minimum atomic E-state index is 1.01. The molecule has 3 heteroatoms. The first-order chi connectivity index (χ1) is 11.3. The molecule has 0 saturated carbocycles. The van der Waals surface area contributed by atoms with Gasteiger partial charge in [-0.05, 0) is 0 Å². The van der Waals surface area contributed by atoms with Gasteiger partial charge in [-0.25, -0.2) is 0 Å². The SMILES string of the molecule is Cc1cc(C)c(N2CCN(c3c(C)cc(C)cc3C)[C]2=[Cr])c(C)c1. The van der Waals surface area contributed by atoms with Gasteiger partial charge in [0.05, 0.1) is 0 Å². The van der Waals surface area contributed by atoms with Crippen molar-refractivity contribution < 1.29 is 15.9 Å². The second-order valence-electron chi connectivity index (χ2n) is 7.08. The van der Waals surface area contributed by atoms with E-state index in [1.165, 1.54) is 49.4 Å². The fraction of sp³-hybridized carbons (Fsp3) is 0.381. The van der Waals surface area contributed by atoms with E-state index in [4.69, 9.17) is 0 Å². The molecule has 0 unspecified atom stereocenters. The zero-order valence-electron chi connectivity index (χ0n) is 15.5. The maximum absolute atomic E-state index is 3.34. The number of hydrogen-bond acceptors (Lipinski definition) is 2. The molecule has 0 N–H and O–H groups in total. The topological polar surface area (TPSA) is 6.48 Å². The Morgan fingerprint density at radius 1 is 0.625 bits per heavy atom. The van der Waals surface area contributed by atoms with Gasteiger partial charge in [-0.2, -0.15) is 0 Å². The molecule has 0 amide bonds. The monoisotopic (exact) mass is 358 g/mol. The predicted molar refractivity (Wildman–Crippen MR) is 101 cm³/mol. The van der Waals surface area contributed by atoms with E-state index in [1.54, 1.807) is 0 Å². The first-order valence-electron chi connectivity index (χ1n) is 8.54. The second kappa shape index (κ2) is 6.39. The van der Waals surface area contributed by atoms with Crippen LogP contribution in [0.3, 0.4) is 0 Å². The molecule has 24 heavy (non-hydrogen) atoms. The number of anilines is 2. The molecule has 2 aromatic rings. The Kier molecular flexibility index (Phi) is 4.60. The summed E-state index contributed by atoms with van der Waals surface area (Å²) in [5.41, 5.74) is 10.7. The number of rotatable bonds is 2. The van der Waals surface area contributed by atoms with Crippen molar-refractivity contribution in [3.63, 3.8) is 0 Å². The Morgan fingerprint density at radius 2 is 0.917 bits per heavy atom. The van der Waals surface area contributed by atoms with Gasteiger partial charge in [0.15, 0.2) is 0 Å². The average Bonchev–Trinajstić information content (AvgIpc) is 2.79. The van der Waals surface area contributed by atoms with E-state index in [2.05, 4.69) is 91.5 Å². The molecule has 3 rings (SSSR count). The molecule has 1 aliphatic rings. The van der Waals surface area contributed by atoms with Crippen molar-refractivity contribution in [2.75, 3.05) is 22.9 Å². The molecule has 1 saturated heterocycles. The Labute approximate surface area is 154 Å². The zero-order chi connectivity index (χ0) is 17.6. The van der Waals surface area contributed by atoms with Crippen molar-refractivity contribution in [3.8, 4) is 0 Å².